The zero-order chi connectivity index (χ0) is 14.5. The Hall–Kier alpha value is -2.61. The lowest BCUT2D eigenvalue weighted by Crippen LogP contribution is -2.01. The van der Waals surface area contributed by atoms with E-state index in [9.17, 15) is 0 Å². The van der Waals surface area contributed by atoms with Crippen LogP contribution in [0.4, 0.5) is 5.69 Å². The van der Waals surface area contributed by atoms with Crippen molar-refractivity contribution in [3.8, 4) is 11.1 Å². The molecule has 0 spiro atoms. The fourth-order valence-corrected chi connectivity index (χ4v) is 2.21. The van der Waals surface area contributed by atoms with E-state index in [1.165, 1.54) is 16.7 Å². The zero-order valence-electron chi connectivity index (χ0n) is 12.1. The monoisotopic (exact) mass is 274 g/mol. The first kappa shape index (κ1) is 13.4. The Morgan fingerprint density at radius 2 is 1.52 bits per heavy atom. The van der Waals surface area contributed by atoms with Gasteiger partial charge in [0.1, 0.15) is 0 Å². The number of nitrogens with one attached hydrogen (secondary N) is 1. The van der Waals surface area contributed by atoms with Crippen LogP contribution >= 0.6 is 0 Å². The van der Waals surface area contributed by atoms with Crippen LogP contribution in [-0.4, -0.2) is 4.98 Å². The summed E-state index contributed by atoms with van der Waals surface area (Å²) < 4.78 is 0. The van der Waals surface area contributed by atoms with Gasteiger partial charge in [-0.05, 0) is 41.8 Å². The van der Waals surface area contributed by atoms with E-state index in [1.54, 1.807) is 0 Å². The van der Waals surface area contributed by atoms with E-state index >= 15 is 0 Å². The molecular weight excluding hydrogens is 256 g/mol. The molecule has 0 saturated carbocycles. The van der Waals surface area contributed by atoms with Gasteiger partial charge in [0, 0.05) is 11.9 Å². The van der Waals surface area contributed by atoms with E-state index in [2.05, 4.69) is 71.0 Å². The maximum Gasteiger partial charge on any atom is 0.0594 e. The predicted octanol–water partition coefficient (Wildman–Crippen LogP) is 4.67. The van der Waals surface area contributed by atoms with E-state index in [0.717, 1.165) is 17.9 Å². The summed E-state index contributed by atoms with van der Waals surface area (Å²) in [5.74, 6) is 0. The smallest absolute Gasteiger partial charge is 0.0594 e. The molecule has 1 heterocycles. The van der Waals surface area contributed by atoms with Gasteiger partial charge in [0.2, 0.25) is 0 Å². The number of pyridine rings is 1. The van der Waals surface area contributed by atoms with Crippen LogP contribution in [0.15, 0.2) is 72.9 Å². The number of nitrogens with zero attached hydrogens (tertiary/aromatic N) is 1. The van der Waals surface area contributed by atoms with Crippen molar-refractivity contribution in [2.24, 2.45) is 0 Å². The number of aryl methyl sites for hydroxylation is 1. The minimum absolute atomic E-state index is 0.741. The molecule has 1 aromatic heterocycles. The lowest BCUT2D eigenvalue weighted by atomic mass is 10.1. The number of anilines is 1. The molecule has 0 aliphatic rings. The first-order valence-corrected chi connectivity index (χ1v) is 7.12. The van der Waals surface area contributed by atoms with E-state index in [-0.39, 0.29) is 0 Å². The van der Waals surface area contributed by atoms with E-state index < -0.39 is 0 Å². The van der Waals surface area contributed by atoms with Crippen molar-refractivity contribution < 1.29 is 0 Å². The SMILES string of the molecule is Cc1ccc(CNc2ccc(-c3ccccc3)cc2)nc1. The molecule has 3 rings (SSSR count). The van der Waals surface area contributed by atoms with Gasteiger partial charge in [0.25, 0.3) is 0 Å². The maximum absolute atomic E-state index is 4.40. The Kier molecular flexibility index (Phi) is 3.97. The van der Waals surface area contributed by atoms with E-state index in [4.69, 9.17) is 0 Å². The van der Waals surface area contributed by atoms with Gasteiger partial charge in [-0.1, -0.05) is 48.5 Å². The van der Waals surface area contributed by atoms with Gasteiger partial charge in [-0.25, -0.2) is 0 Å². The van der Waals surface area contributed by atoms with Crippen molar-refractivity contribution in [2.75, 3.05) is 5.32 Å². The quantitative estimate of drug-likeness (QED) is 0.748. The average molecular weight is 274 g/mol. The summed E-state index contributed by atoms with van der Waals surface area (Å²) in [6.07, 6.45) is 1.90. The third-order valence-electron chi connectivity index (χ3n) is 3.44. The molecule has 0 amide bonds. The Labute approximate surface area is 125 Å². The van der Waals surface area contributed by atoms with Gasteiger partial charge >= 0.3 is 0 Å². The molecule has 0 unspecified atom stereocenters. The van der Waals surface area contributed by atoms with Gasteiger partial charge in [-0.3, -0.25) is 4.98 Å². The Bertz CT molecular complexity index is 686. The van der Waals surface area contributed by atoms with Crippen molar-refractivity contribution in [1.29, 1.82) is 0 Å². The molecule has 0 aliphatic carbocycles. The van der Waals surface area contributed by atoms with Crippen molar-refractivity contribution in [3.63, 3.8) is 0 Å². The highest BCUT2D eigenvalue weighted by molar-refractivity contribution is 5.65. The molecule has 2 nitrogen and oxygen atoms in total. The van der Waals surface area contributed by atoms with Crippen LogP contribution in [0.1, 0.15) is 11.3 Å². The molecule has 0 atom stereocenters. The number of hydrogen-bond donors (Lipinski definition) is 1. The third kappa shape index (κ3) is 3.48. The van der Waals surface area contributed by atoms with Crippen molar-refractivity contribution >= 4 is 5.69 Å². The lowest BCUT2D eigenvalue weighted by Gasteiger charge is -2.07. The Balaban J connectivity index is 1.66. The van der Waals surface area contributed by atoms with Crippen molar-refractivity contribution in [1.82, 2.24) is 4.98 Å². The van der Waals surface area contributed by atoms with Crippen LogP contribution in [0, 0.1) is 6.92 Å². The second kappa shape index (κ2) is 6.23. The topological polar surface area (TPSA) is 24.9 Å². The molecule has 0 bridgehead atoms. The summed E-state index contributed by atoms with van der Waals surface area (Å²) in [4.78, 5) is 4.40. The molecule has 104 valence electrons. The first-order chi connectivity index (χ1) is 10.3. The highest BCUT2D eigenvalue weighted by Gasteiger charge is 1.98. The molecule has 0 radical (unpaired) electrons. The summed E-state index contributed by atoms with van der Waals surface area (Å²) in [6, 6.07) is 23.0. The molecule has 0 fully saturated rings. The van der Waals surface area contributed by atoms with Crippen LogP contribution in [0.5, 0.6) is 0 Å². The number of rotatable bonds is 4. The predicted molar refractivity (Wildman–Crippen MR) is 88.2 cm³/mol. The van der Waals surface area contributed by atoms with Crippen LogP contribution < -0.4 is 5.32 Å². The number of hydrogen-bond acceptors (Lipinski definition) is 2. The molecule has 21 heavy (non-hydrogen) atoms. The summed E-state index contributed by atoms with van der Waals surface area (Å²) in [7, 11) is 0. The largest absolute Gasteiger partial charge is 0.379 e. The van der Waals surface area contributed by atoms with Gasteiger partial charge in [-0.15, -0.1) is 0 Å². The van der Waals surface area contributed by atoms with Crippen LogP contribution in [0.3, 0.4) is 0 Å². The highest BCUT2D eigenvalue weighted by atomic mass is 14.9. The van der Waals surface area contributed by atoms with Crippen molar-refractivity contribution in [3.05, 3.63) is 84.2 Å². The lowest BCUT2D eigenvalue weighted by molar-refractivity contribution is 1.04. The van der Waals surface area contributed by atoms with Gasteiger partial charge in [0.15, 0.2) is 0 Å². The number of benzene rings is 2. The summed E-state index contributed by atoms with van der Waals surface area (Å²) in [6.45, 7) is 2.79. The Morgan fingerprint density at radius 1 is 0.810 bits per heavy atom. The Morgan fingerprint density at radius 3 is 2.19 bits per heavy atom. The second-order valence-corrected chi connectivity index (χ2v) is 5.12. The standard InChI is InChI=1S/C19H18N2/c1-15-7-10-19(20-13-15)14-21-18-11-8-17(9-12-18)16-5-3-2-4-6-16/h2-13,21H,14H2,1H3. The fraction of sp³-hybridized carbons (Fsp3) is 0.105. The first-order valence-electron chi connectivity index (χ1n) is 7.12. The molecule has 3 aromatic rings. The minimum Gasteiger partial charge on any atom is -0.379 e. The normalized spacial score (nSPS) is 10.3. The summed E-state index contributed by atoms with van der Waals surface area (Å²) in [5.41, 5.74) is 5.81. The number of aromatic nitrogens is 1. The maximum atomic E-state index is 4.40. The van der Waals surface area contributed by atoms with Crippen LogP contribution in [-0.2, 0) is 6.54 Å². The molecule has 1 N–H and O–H groups in total. The highest BCUT2D eigenvalue weighted by Crippen LogP contribution is 2.21. The van der Waals surface area contributed by atoms with Gasteiger partial charge in [-0.2, -0.15) is 0 Å². The van der Waals surface area contributed by atoms with Gasteiger partial charge < -0.3 is 5.32 Å². The molecule has 2 aromatic carbocycles. The van der Waals surface area contributed by atoms with Crippen LogP contribution in [0.25, 0.3) is 11.1 Å². The van der Waals surface area contributed by atoms with E-state index in [1.807, 2.05) is 19.2 Å². The molecule has 2 heteroatoms. The fourth-order valence-electron chi connectivity index (χ4n) is 2.21. The van der Waals surface area contributed by atoms with E-state index in [0.29, 0.717) is 0 Å². The summed E-state index contributed by atoms with van der Waals surface area (Å²) >= 11 is 0. The minimum atomic E-state index is 0.741. The zero-order valence-corrected chi connectivity index (χ0v) is 12.1. The van der Waals surface area contributed by atoms with Gasteiger partial charge in [0.05, 0.1) is 12.2 Å². The second-order valence-electron chi connectivity index (χ2n) is 5.12. The molecule has 0 aliphatic heterocycles. The third-order valence-corrected chi connectivity index (χ3v) is 3.44. The van der Waals surface area contributed by atoms with Crippen LogP contribution in [0.2, 0.25) is 0 Å². The van der Waals surface area contributed by atoms with Crippen molar-refractivity contribution in [2.45, 2.75) is 13.5 Å². The molecule has 0 saturated heterocycles. The average Bonchev–Trinajstić information content (AvgIpc) is 2.56. The molecular formula is C19H18N2. The summed E-state index contributed by atoms with van der Waals surface area (Å²) in [5, 5.41) is 3.40.